The van der Waals surface area contributed by atoms with Gasteiger partial charge in [-0.25, -0.2) is 9.79 Å². The number of carbonyl (C=O) groups excluding carboxylic acids is 1. The maximum Gasteiger partial charge on any atom is 0.409 e. The summed E-state index contributed by atoms with van der Waals surface area (Å²) in [5, 5.41) is 3.22. The Kier molecular flexibility index (Phi) is 10.0. The fourth-order valence-corrected chi connectivity index (χ4v) is 2.83. The quantitative estimate of drug-likeness (QED) is 0.360. The van der Waals surface area contributed by atoms with Crippen LogP contribution < -0.4 is 20.5 Å². The van der Waals surface area contributed by atoms with Crippen molar-refractivity contribution in [2.45, 2.75) is 32.4 Å². The van der Waals surface area contributed by atoms with E-state index in [4.69, 9.17) is 19.9 Å². The van der Waals surface area contributed by atoms with Crippen LogP contribution in [0.5, 0.6) is 11.5 Å². The van der Waals surface area contributed by atoms with E-state index in [1.807, 2.05) is 25.1 Å². The number of piperidine rings is 1. The fraction of sp³-hybridized carbons (Fsp3) is 0.556. The Morgan fingerprint density at radius 2 is 1.93 bits per heavy atom. The van der Waals surface area contributed by atoms with Crippen LogP contribution in [-0.2, 0) is 11.3 Å². The van der Waals surface area contributed by atoms with Crippen molar-refractivity contribution in [1.82, 2.24) is 10.2 Å². The van der Waals surface area contributed by atoms with E-state index >= 15 is 0 Å². The minimum absolute atomic E-state index is 0. The molecule has 0 aromatic heterocycles. The summed E-state index contributed by atoms with van der Waals surface area (Å²) in [6, 6.07) is 5.86. The van der Waals surface area contributed by atoms with Gasteiger partial charge in [-0.2, -0.15) is 0 Å². The lowest BCUT2D eigenvalue weighted by Crippen LogP contribution is -2.48. The number of methoxy groups -OCH3 is 2. The molecule has 0 atom stereocenters. The third-order valence-corrected chi connectivity index (χ3v) is 4.25. The van der Waals surface area contributed by atoms with E-state index in [0.29, 0.717) is 43.7 Å². The van der Waals surface area contributed by atoms with Crippen molar-refractivity contribution < 1.29 is 19.0 Å². The Balaban J connectivity index is 0.00000364. The largest absolute Gasteiger partial charge is 0.493 e. The molecule has 0 unspecified atom stereocenters. The summed E-state index contributed by atoms with van der Waals surface area (Å²) in [7, 11) is 3.20. The van der Waals surface area contributed by atoms with Crippen molar-refractivity contribution >= 4 is 36.0 Å². The number of aliphatic imine (C=N–C) groups is 1. The maximum absolute atomic E-state index is 11.7. The predicted molar refractivity (Wildman–Crippen MR) is 115 cm³/mol. The third kappa shape index (κ3) is 6.96. The number of guanidine groups is 1. The number of halogens is 1. The van der Waals surface area contributed by atoms with Crippen LogP contribution in [0, 0.1) is 0 Å². The van der Waals surface area contributed by atoms with E-state index in [9.17, 15) is 4.79 Å². The first kappa shape index (κ1) is 23.1. The molecule has 8 nitrogen and oxygen atoms in total. The van der Waals surface area contributed by atoms with Crippen molar-refractivity contribution in [3.8, 4) is 11.5 Å². The molecule has 1 aliphatic rings. The highest BCUT2D eigenvalue weighted by molar-refractivity contribution is 14.0. The number of amides is 1. The summed E-state index contributed by atoms with van der Waals surface area (Å²) in [6.07, 6.45) is 1.37. The van der Waals surface area contributed by atoms with Crippen molar-refractivity contribution in [1.29, 1.82) is 0 Å². The van der Waals surface area contributed by atoms with E-state index in [-0.39, 0.29) is 36.1 Å². The van der Waals surface area contributed by atoms with Gasteiger partial charge in [0, 0.05) is 19.1 Å². The molecular formula is C18H29IN4O4. The second-order valence-electron chi connectivity index (χ2n) is 6.00. The number of carbonyl (C=O) groups is 1. The van der Waals surface area contributed by atoms with Crippen LogP contribution in [0.3, 0.4) is 0 Å². The zero-order chi connectivity index (χ0) is 18.9. The van der Waals surface area contributed by atoms with Gasteiger partial charge in [0.05, 0.1) is 27.4 Å². The van der Waals surface area contributed by atoms with Crippen LogP contribution in [0.2, 0.25) is 0 Å². The molecule has 1 aliphatic heterocycles. The molecule has 1 amide bonds. The Morgan fingerprint density at radius 1 is 1.26 bits per heavy atom. The maximum atomic E-state index is 11.7. The fourth-order valence-electron chi connectivity index (χ4n) is 2.83. The third-order valence-electron chi connectivity index (χ3n) is 4.25. The molecule has 1 aromatic rings. The average molecular weight is 492 g/mol. The normalized spacial score (nSPS) is 14.9. The van der Waals surface area contributed by atoms with Crippen LogP contribution in [0.1, 0.15) is 25.3 Å². The lowest BCUT2D eigenvalue weighted by atomic mass is 10.1. The molecule has 3 N–H and O–H groups in total. The number of nitrogens with one attached hydrogen (secondary N) is 1. The van der Waals surface area contributed by atoms with E-state index in [1.54, 1.807) is 19.1 Å². The molecule has 0 aliphatic carbocycles. The van der Waals surface area contributed by atoms with Gasteiger partial charge < -0.3 is 30.2 Å². The number of hydrogen-bond acceptors (Lipinski definition) is 5. The minimum atomic E-state index is -0.249. The van der Waals surface area contributed by atoms with Crippen LogP contribution in [0.25, 0.3) is 0 Å². The highest BCUT2D eigenvalue weighted by Gasteiger charge is 2.23. The van der Waals surface area contributed by atoms with E-state index in [2.05, 4.69) is 10.3 Å². The van der Waals surface area contributed by atoms with Crippen LogP contribution >= 0.6 is 24.0 Å². The summed E-state index contributed by atoms with van der Waals surface area (Å²) in [6.45, 7) is 3.95. The summed E-state index contributed by atoms with van der Waals surface area (Å²) in [5.74, 6) is 1.74. The molecule has 0 bridgehead atoms. The molecule has 1 aromatic carbocycles. The summed E-state index contributed by atoms with van der Waals surface area (Å²) >= 11 is 0. The van der Waals surface area contributed by atoms with Crippen molar-refractivity contribution in [2.24, 2.45) is 10.7 Å². The van der Waals surface area contributed by atoms with Gasteiger partial charge in [-0.3, -0.25) is 0 Å². The first-order chi connectivity index (χ1) is 12.6. The van der Waals surface area contributed by atoms with Crippen LogP contribution in [0.4, 0.5) is 4.79 Å². The number of rotatable bonds is 6. The predicted octanol–water partition coefficient (Wildman–Crippen LogP) is 2.35. The van der Waals surface area contributed by atoms with Gasteiger partial charge >= 0.3 is 6.09 Å². The molecule has 152 valence electrons. The lowest BCUT2D eigenvalue weighted by Gasteiger charge is -2.31. The van der Waals surface area contributed by atoms with Gasteiger partial charge in [-0.1, -0.05) is 6.07 Å². The Hall–Kier alpha value is -1.91. The SMILES string of the molecule is CCOC(=O)N1CCC(NC(N)=NCc2ccc(OC)c(OC)c2)CC1.I. The topological polar surface area (TPSA) is 98.4 Å². The highest BCUT2D eigenvalue weighted by Crippen LogP contribution is 2.27. The lowest BCUT2D eigenvalue weighted by molar-refractivity contribution is 0.0963. The average Bonchev–Trinajstić information content (AvgIpc) is 2.66. The summed E-state index contributed by atoms with van der Waals surface area (Å²) in [4.78, 5) is 17.8. The first-order valence-electron chi connectivity index (χ1n) is 8.76. The van der Waals surface area contributed by atoms with Gasteiger partial charge in [0.2, 0.25) is 0 Å². The van der Waals surface area contributed by atoms with Gasteiger partial charge in [0.25, 0.3) is 0 Å². The van der Waals surface area contributed by atoms with E-state index in [0.717, 1.165) is 18.4 Å². The molecule has 1 heterocycles. The monoisotopic (exact) mass is 492 g/mol. The van der Waals surface area contributed by atoms with Gasteiger partial charge in [0.1, 0.15) is 0 Å². The molecule has 9 heteroatoms. The highest BCUT2D eigenvalue weighted by atomic mass is 127. The zero-order valence-corrected chi connectivity index (χ0v) is 18.4. The number of hydrogen-bond donors (Lipinski definition) is 2. The molecule has 27 heavy (non-hydrogen) atoms. The van der Waals surface area contributed by atoms with Crippen LogP contribution in [0.15, 0.2) is 23.2 Å². The number of benzene rings is 1. The second kappa shape index (κ2) is 11.7. The van der Waals surface area contributed by atoms with Crippen molar-refractivity contribution in [3.63, 3.8) is 0 Å². The number of nitrogens with zero attached hydrogens (tertiary/aromatic N) is 2. The van der Waals surface area contributed by atoms with E-state index in [1.165, 1.54) is 0 Å². The molecule has 0 saturated carbocycles. The summed E-state index contributed by atoms with van der Waals surface area (Å²) in [5.41, 5.74) is 6.98. The smallest absolute Gasteiger partial charge is 0.409 e. The molecule has 1 saturated heterocycles. The van der Waals surface area contributed by atoms with Gasteiger partial charge in [-0.05, 0) is 37.5 Å². The Labute approximate surface area is 177 Å². The number of likely N-dealkylation sites (tertiary alicyclic amines) is 1. The number of ether oxygens (including phenoxy) is 3. The Morgan fingerprint density at radius 3 is 2.52 bits per heavy atom. The van der Waals surface area contributed by atoms with Gasteiger partial charge in [-0.15, -0.1) is 24.0 Å². The first-order valence-corrected chi connectivity index (χ1v) is 8.76. The molecule has 1 fully saturated rings. The molecular weight excluding hydrogens is 463 g/mol. The zero-order valence-electron chi connectivity index (χ0n) is 16.1. The molecule has 2 rings (SSSR count). The van der Waals surface area contributed by atoms with Gasteiger partial charge in [0.15, 0.2) is 17.5 Å². The molecule has 0 radical (unpaired) electrons. The van der Waals surface area contributed by atoms with Crippen molar-refractivity contribution in [2.75, 3.05) is 33.9 Å². The standard InChI is InChI=1S/C18H28N4O4.HI/c1-4-26-18(23)22-9-7-14(8-10-22)21-17(19)20-12-13-5-6-15(24-2)16(11-13)25-3;/h5-6,11,14H,4,7-10,12H2,1-3H3,(H3,19,20,21);1H. The Bertz CT molecular complexity index is 634. The molecule has 0 spiro atoms. The number of nitrogens with two attached hydrogens (primary N) is 1. The second-order valence-corrected chi connectivity index (χ2v) is 6.00. The van der Waals surface area contributed by atoms with Crippen LogP contribution in [-0.4, -0.2) is 56.9 Å². The van der Waals surface area contributed by atoms with Crippen molar-refractivity contribution in [3.05, 3.63) is 23.8 Å². The summed E-state index contributed by atoms with van der Waals surface area (Å²) < 4.78 is 15.5. The minimum Gasteiger partial charge on any atom is -0.493 e. The van der Waals surface area contributed by atoms with E-state index < -0.39 is 0 Å².